The molecule has 90 valence electrons. The molecule has 0 bridgehead atoms. The maximum atomic E-state index is 9.14. The first-order valence-corrected chi connectivity index (χ1v) is 5.97. The predicted molar refractivity (Wildman–Crippen MR) is 69.7 cm³/mol. The summed E-state index contributed by atoms with van der Waals surface area (Å²) in [6.45, 7) is 3.49. The highest BCUT2D eigenvalue weighted by atomic mass is 16.3. The minimum absolute atomic E-state index is 0.231. The van der Waals surface area contributed by atoms with Crippen molar-refractivity contribution in [3.63, 3.8) is 0 Å². The summed E-state index contributed by atoms with van der Waals surface area (Å²) >= 11 is 0. The van der Waals surface area contributed by atoms with Crippen molar-refractivity contribution in [2.45, 2.75) is 26.0 Å². The van der Waals surface area contributed by atoms with Crippen molar-refractivity contribution in [1.29, 1.82) is 0 Å². The fourth-order valence-corrected chi connectivity index (χ4v) is 1.79. The number of aromatic nitrogens is 1. The summed E-state index contributed by atoms with van der Waals surface area (Å²) in [4.78, 5) is 4.09. The number of nitrogens with one attached hydrogen (secondary N) is 1. The van der Waals surface area contributed by atoms with E-state index in [0.29, 0.717) is 0 Å². The number of aliphatic hydroxyl groups is 1. The molecule has 0 saturated carbocycles. The highest BCUT2D eigenvalue weighted by Crippen LogP contribution is 2.14. The zero-order chi connectivity index (χ0) is 12.1. The lowest BCUT2D eigenvalue weighted by Crippen LogP contribution is -2.18. The molecule has 2 N–H and O–H groups in total. The summed E-state index contributed by atoms with van der Waals surface area (Å²) in [5.41, 5.74) is 1.26. The van der Waals surface area contributed by atoms with Crippen LogP contribution in [0.1, 0.15) is 18.9 Å². The molecule has 2 rings (SSSR count). The average Bonchev–Trinajstić information content (AvgIpc) is 2.34. The Morgan fingerprint density at radius 3 is 3.00 bits per heavy atom. The van der Waals surface area contributed by atoms with Gasteiger partial charge in [0.15, 0.2) is 0 Å². The molecule has 2 aromatic rings. The van der Waals surface area contributed by atoms with Crippen LogP contribution in [-0.4, -0.2) is 22.7 Å². The number of hydrogen-bond acceptors (Lipinski definition) is 3. The summed E-state index contributed by atoms with van der Waals surface area (Å²) in [5, 5.41) is 14.9. The first kappa shape index (κ1) is 12.0. The minimum Gasteiger partial charge on any atom is -0.393 e. The zero-order valence-corrected chi connectivity index (χ0v) is 10.1. The van der Waals surface area contributed by atoms with Gasteiger partial charge >= 0.3 is 0 Å². The first-order valence-electron chi connectivity index (χ1n) is 5.97. The quantitative estimate of drug-likeness (QED) is 0.773. The molecule has 0 aliphatic rings. The van der Waals surface area contributed by atoms with Crippen molar-refractivity contribution in [2.24, 2.45) is 0 Å². The van der Waals surface area contributed by atoms with Crippen LogP contribution >= 0.6 is 0 Å². The average molecular weight is 230 g/mol. The highest BCUT2D eigenvalue weighted by Gasteiger charge is 1.98. The van der Waals surface area contributed by atoms with Crippen LogP contribution in [0.15, 0.2) is 36.7 Å². The first-order chi connectivity index (χ1) is 8.25. The van der Waals surface area contributed by atoms with Gasteiger partial charge in [-0.3, -0.25) is 4.98 Å². The van der Waals surface area contributed by atoms with Crippen molar-refractivity contribution in [3.8, 4) is 0 Å². The van der Waals surface area contributed by atoms with Crippen molar-refractivity contribution >= 4 is 10.8 Å². The van der Waals surface area contributed by atoms with Crippen LogP contribution < -0.4 is 5.32 Å². The third-order valence-electron chi connectivity index (χ3n) is 2.77. The fraction of sp³-hybridized carbons (Fsp3) is 0.357. The van der Waals surface area contributed by atoms with Gasteiger partial charge in [0.05, 0.1) is 6.10 Å². The summed E-state index contributed by atoms with van der Waals surface area (Å²) in [6.07, 6.45) is 4.25. The molecule has 1 unspecified atom stereocenters. The molecule has 0 aliphatic heterocycles. The molecular formula is C14H18N2O. The van der Waals surface area contributed by atoms with Gasteiger partial charge in [0.25, 0.3) is 0 Å². The number of nitrogens with zero attached hydrogens (tertiary/aromatic N) is 1. The van der Waals surface area contributed by atoms with Gasteiger partial charge in [-0.05, 0) is 43.0 Å². The third-order valence-corrected chi connectivity index (χ3v) is 2.77. The largest absolute Gasteiger partial charge is 0.393 e. The number of aliphatic hydroxyl groups excluding tert-OH is 1. The number of rotatable bonds is 5. The van der Waals surface area contributed by atoms with Crippen LogP contribution in [0.4, 0.5) is 0 Å². The van der Waals surface area contributed by atoms with E-state index in [4.69, 9.17) is 5.11 Å². The van der Waals surface area contributed by atoms with E-state index in [1.165, 1.54) is 16.3 Å². The van der Waals surface area contributed by atoms with E-state index >= 15 is 0 Å². The fourth-order valence-electron chi connectivity index (χ4n) is 1.79. The van der Waals surface area contributed by atoms with Crippen LogP contribution in [-0.2, 0) is 6.54 Å². The smallest absolute Gasteiger partial charge is 0.0524 e. The Hall–Kier alpha value is -1.45. The van der Waals surface area contributed by atoms with Gasteiger partial charge in [0.1, 0.15) is 0 Å². The monoisotopic (exact) mass is 230 g/mol. The third kappa shape index (κ3) is 3.51. The van der Waals surface area contributed by atoms with Crippen LogP contribution in [0.5, 0.6) is 0 Å². The SMILES string of the molecule is CC(O)CCNCc1ccc2cnccc2c1. The summed E-state index contributed by atoms with van der Waals surface area (Å²) in [7, 11) is 0. The van der Waals surface area contributed by atoms with Gasteiger partial charge in [-0.2, -0.15) is 0 Å². The normalized spacial score (nSPS) is 12.8. The second-order valence-corrected chi connectivity index (χ2v) is 4.37. The molecule has 17 heavy (non-hydrogen) atoms. The van der Waals surface area contributed by atoms with Crippen molar-refractivity contribution in [3.05, 3.63) is 42.2 Å². The van der Waals surface area contributed by atoms with Gasteiger partial charge in [-0.25, -0.2) is 0 Å². The molecular weight excluding hydrogens is 212 g/mol. The molecule has 0 spiro atoms. The molecule has 1 aromatic heterocycles. The lowest BCUT2D eigenvalue weighted by atomic mass is 10.1. The van der Waals surface area contributed by atoms with Crippen LogP contribution in [0, 0.1) is 0 Å². The number of benzene rings is 1. The van der Waals surface area contributed by atoms with E-state index in [-0.39, 0.29) is 6.10 Å². The molecule has 0 radical (unpaired) electrons. The van der Waals surface area contributed by atoms with Crippen LogP contribution in [0.25, 0.3) is 10.8 Å². The predicted octanol–water partition coefficient (Wildman–Crippen LogP) is 2.10. The van der Waals surface area contributed by atoms with E-state index in [0.717, 1.165) is 19.5 Å². The topological polar surface area (TPSA) is 45.1 Å². The van der Waals surface area contributed by atoms with Gasteiger partial charge in [-0.15, -0.1) is 0 Å². The van der Waals surface area contributed by atoms with E-state index in [9.17, 15) is 0 Å². The Bertz CT molecular complexity index is 482. The molecule has 0 amide bonds. The van der Waals surface area contributed by atoms with Crippen molar-refractivity contribution in [1.82, 2.24) is 10.3 Å². The molecule has 3 heteroatoms. The Labute approximate surface area is 102 Å². The molecule has 3 nitrogen and oxygen atoms in total. The zero-order valence-electron chi connectivity index (χ0n) is 10.1. The van der Waals surface area contributed by atoms with Gasteiger partial charge < -0.3 is 10.4 Å². The van der Waals surface area contributed by atoms with Crippen LogP contribution in [0.2, 0.25) is 0 Å². The highest BCUT2D eigenvalue weighted by molar-refractivity contribution is 5.81. The van der Waals surface area contributed by atoms with Crippen molar-refractivity contribution < 1.29 is 5.11 Å². The second-order valence-electron chi connectivity index (χ2n) is 4.37. The van der Waals surface area contributed by atoms with Gasteiger partial charge in [0, 0.05) is 24.3 Å². The van der Waals surface area contributed by atoms with Crippen LogP contribution in [0.3, 0.4) is 0 Å². The van der Waals surface area contributed by atoms with E-state index in [1.54, 1.807) is 0 Å². The second kappa shape index (κ2) is 5.75. The lowest BCUT2D eigenvalue weighted by molar-refractivity contribution is 0.183. The molecule has 1 heterocycles. The van der Waals surface area contributed by atoms with Crippen molar-refractivity contribution in [2.75, 3.05) is 6.54 Å². The lowest BCUT2D eigenvalue weighted by Gasteiger charge is -2.07. The molecule has 1 atom stereocenters. The molecule has 1 aromatic carbocycles. The Morgan fingerprint density at radius 2 is 2.18 bits per heavy atom. The maximum absolute atomic E-state index is 9.14. The van der Waals surface area contributed by atoms with E-state index in [1.807, 2.05) is 25.4 Å². The minimum atomic E-state index is -0.231. The molecule has 0 aliphatic carbocycles. The Kier molecular flexibility index (Phi) is 4.07. The molecule has 0 saturated heterocycles. The Morgan fingerprint density at radius 1 is 1.29 bits per heavy atom. The standard InChI is InChI=1S/C14H18N2O/c1-11(17)4-6-15-9-12-2-3-14-10-16-7-5-13(14)8-12/h2-3,5,7-8,10-11,15,17H,4,6,9H2,1H3. The Balaban J connectivity index is 1.95. The summed E-state index contributed by atoms with van der Waals surface area (Å²) in [5.74, 6) is 0. The molecule has 0 fully saturated rings. The van der Waals surface area contributed by atoms with E-state index < -0.39 is 0 Å². The van der Waals surface area contributed by atoms with Gasteiger partial charge in [0.2, 0.25) is 0 Å². The number of fused-ring (bicyclic) bond motifs is 1. The number of hydrogen-bond donors (Lipinski definition) is 2. The van der Waals surface area contributed by atoms with E-state index in [2.05, 4.69) is 28.5 Å². The summed E-state index contributed by atoms with van der Waals surface area (Å²) < 4.78 is 0. The summed E-state index contributed by atoms with van der Waals surface area (Å²) in [6, 6.07) is 8.40. The maximum Gasteiger partial charge on any atom is 0.0524 e. The number of pyridine rings is 1. The van der Waals surface area contributed by atoms with Gasteiger partial charge in [-0.1, -0.05) is 12.1 Å².